The first-order valence-electron chi connectivity index (χ1n) is 13.9. The van der Waals surface area contributed by atoms with Gasteiger partial charge in [-0.1, -0.05) is 89.9 Å². The molecule has 2 fully saturated rings. The van der Waals surface area contributed by atoms with Crippen molar-refractivity contribution in [3.63, 3.8) is 0 Å². The summed E-state index contributed by atoms with van der Waals surface area (Å²) in [6.45, 7) is 3.02. The van der Waals surface area contributed by atoms with E-state index in [2.05, 4.69) is 45.1 Å². The standard InChI is InChI=1S/C32H36Cl2N4O2/c1-35-30(40)37-31(24-10-6-3-7-11-24)15-18-38(19-16-31)22-26-21-32(26,25-12-13-27(33)28(34)20-25)29(39)36-17-14-23-8-4-2-5-9-23/h2-13,20,26H,14-19,21-22H2,1H3,(H,36,39)(H2,35,37,40). The lowest BCUT2D eigenvalue weighted by Gasteiger charge is -2.43. The Morgan fingerprint density at radius 1 is 0.900 bits per heavy atom. The first-order valence-corrected chi connectivity index (χ1v) is 14.7. The number of carbonyl (C=O) groups excluding carboxylic acids is 2. The quantitative estimate of drug-likeness (QED) is 0.312. The van der Waals surface area contributed by atoms with Crippen molar-refractivity contribution in [3.8, 4) is 0 Å². The Morgan fingerprint density at radius 2 is 1.57 bits per heavy atom. The number of halogens is 2. The molecule has 6 nitrogen and oxygen atoms in total. The van der Waals surface area contributed by atoms with Crippen LogP contribution in [0, 0.1) is 5.92 Å². The second kappa shape index (κ2) is 12.2. The Hall–Kier alpha value is -3.06. The highest BCUT2D eigenvalue weighted by molar-refractivity contribution is 6.42. The van der Waals surface area contributed by atoms with Gasteiger partial charge in [0.2, 0.25) is 5.91 Å². The number of rotatable bonds is 9. The van der Waals surface area contributed by atoms with Crippen LogP contribution in [0.25, 0.3) is 0 Å². The van der Waals surface area contributed by atoms with Crippen molar-refractivity contribution in [3.05, 3.63) is 106 Å². The second-order valence-electron chi connectivity index (χ2n) is 10.9. The third-order valence-electron chi connectivity index (χ3n) is 8.58. The highest BCUT2D eigenvalue weighted by atomic mass is 35.5. The van der Waals surface area contributed by atoms with Gasteiger partial charge in [0.05, 0.1) is 21.0 Å². The highest BCUT2D eigenvalue weighted by Gasteiger charge is 2.61. The molecule has 2 atom stereocenters. The van der Waals surface area contributed by atoms with Crippen LogP contribution in [0.5, 0.6) is 0 Å². The van der Waals surface area contributed by atoms with Crippen LogP contribution >= 0.6 is 23.2 Å². The third kappa shape index (κ3) is 5.99. The number of likely N-dealkylation sites (tertiary alicyclic amines) is 1. The lowest BCUT2D eigenvalue weighted by atomic mass is 9.80. The van der Waals surface area contributed by atoms with Crippen molar-refractivity contribution in [1.29, 1.82) is 0 Å². The topological polar surface area (TPSA) is 73.5 Å². The van der Waals surface area contributed by atoms with Crippen LogP contribution in [0.3, 0.4) is 0 Å². The number of amides is 3. The molecule has 1 saturated carbocycles. The Bertz CT molecular complexity index is 1330. The molecule has 1 saturated heterocycles. The van der Waals surface area contributed by atoms with Gasteiger partial charge in [-0.2, -0.15) is 0 Å². The molecule has 0 spiro atoms. The molecule has 2 unspecified atom stereocenters. The number of hydrogen-bond donors (Lipinski definition) is 3. The lowest BCUT2D eigenvalue weighted by Crippen LogP contribution is -2.55. The number of hydrogen-bond acceptors (Lipinski definition) is 3. The summed E-state index contributed by atoms with van der Waals surface area (Å²) in [6, 6.07) is 25.8. The fourth-order valence-electron chi connectivity index (χ4n) is 6.16. The van der Waals surface area contributed by atoms with E-state index in [0.29, 0.717) is 16.6 Å². The Kier molecular flexibility index (Phi) is 8.69. The molecule has 0 aromatic heterocycles. The van der Waals surface area contributed by atoms with Gasteiger partial charge in [0, 0.05) is 33.2 Å². The van der Waals surface area contributed by atoms with Crippen LogP contribution in [0.1, 0.15) is 36.0 Å². The van der Waals surface area contributed by atoms with Crippen LogP contribution in [-0.2, 0) is 22.2 Å². The molecule has 0 radical (unpaired) electrons. The molecule has 0 bridgehead atoms. The maximum absolute atomic E-state index is 13.7. The summed E-state index contributed by atoms with van der Waals surface area (Å²) in [7, 11) is 1.64. The first-order chi connectivity index (χ1) is 19.4. The molecular formula is C32H36Cl2N4O2. The van der Waals surface area contributed by atoms with Crippen molar-refractivity contribution in [2.75, 3.05) is 33.2 Å². The van der Waals surface area contributed by atoms with Crippen LogP contribution in [-0.4, -0.2) is 50.1 Å². The zero-order valence-electron chi connectivity index (χ0n) is 22.8. The van der Waals surface area contributed by atoms with E-state index in [1.165, 1.54) is 5.56 Å². The minimum atomic E-state index is -0.626. The van der Waals surface area contributed by atoms with Crippen LogP contribution in [0.2, 0.25) is 10.0 Å². The normalized spacial score (nSPS) is 21.8. The summed E-state index contributed by atoms with van der Waals surface area (Å²) in [6.07, 6.45) is 3.13. The molecule has 1 aliphatic carbocycles. The predicted molar refractivity (Wildman–Crippen MR) is 161 cm³/mol. The van der Waals surface area contributed by atoms with Gasteiger partial charge in [-0.15, -0.1) is 0 Å². The van der Waals surface area contributed by atoms with Gasteiger partial charge >= 0.3 is 6.03 Å². The maximum atomic E-state index is 13.7. The zero-order valence-corrected chi connectivity index (χ0v) is 24.3. The van der Waals surface area contributed by atoms with Gasteiger partial charge in [0.25, 0.3) is 0 Å². The number of benzene rings is 3. The van der Waals surface area contributed by atoms with Crippen molar-refractivity contribution in [2.45, 2.75) is 36.6 Å². The predicted octanol–water partition coefficient (Wildman–Crippen LogP) is 5.53. The van der Waals surface area contributed by atoms with Gasteiger partial charge in [0.15, 0.2) is 0 Å². The summed E-state index contributed by atoms with van der Waals surface area (Å²) in [5, 5.41) is 10.1. The van der Waals surface area contributed by atoms with E-state index in [1.54, 1.807) is 13.1 Å². The Balaban J connectivity index is 1.28. The summed E-state index contributed by atoms with van der Waals surface area (Å²) < 4.78 is 0. The molecule has 8 heteroatoms. The average Bonchev–Trinajstić information content (AvgIpc) is 3.71. The number of nitrogens with zero attached hydrogens (tertiary/aromatic N) is 1. The summed E-state index contributed by atoms with van der Waals surface area (Å²) in [5.41, 5.74) is 2.18. The van der Waals surface area contributed by atoms with E-state index in [1.807, 2.05) is 48.5 Å². The fraction of sp³-hybridized carbons (Fsp3) is 0.375. The van der Waals surface area contributed by atoms with E-state index in [4.69, 9.17) is 23.2 Å². The number of carbonyl (C=O) groups is 2. The van der Waals surface area contributed by atoms with Crippen molar-refractivity contribution >= 4 is 35.1 Å². The van der Waals surface area contributed by atoms with Crippen LogP contribution in [0.4, 0.5) is 4.79 Å². The summed E-state index contributed by atoms with van der Waals surface area (Å²) in [4.78, 5) is 28.5. The molecule has 1 aliphatic heterocycles. The second-order valence-corrected chi connectivity index (χ2v) is 11.8. The minimum Gasteiger partial charge on any atom is -0.355 e. The summed E-state index contributed by atoms with van der Waals surface area (Å²) in [5.74, 6) is 0.210. The molecule has 3 aromatic rings. The summed E-state index contributed by atoms with van der Waals surface area (Å²) >= 11 is 12.6. The largest absolute Gasteiger partial charge is 0.355 e. The van der Waals surface area contributed by atoms with Gasteiger partial charge in [-0.05, 0) is 60.4 Å². The highest BCUT2D eigenvalue weighted by Crippen LogP contribution is 2.56. The van der Waals surface area contributed by atoms with Gasteiger partial charge in [-0.3, -0.25) is 4.79 Å². The van der Waals surface area contributed by atoms with E-state index < -0.39 is 11.0 Å². The van der Waals surface area contributed by atoms with Crippen molar-refractivity contribution in [1.82, 2.24) is 20.9 Å². The Morgan fingerprint density at radius 3 is 2.23 bits per heavy atom. The number of piperidine rings is 1. The van der Waals surface area contributed by atoms with Crippen LogP contribution < -0.4 is 16.0 Å². The molecule has 5 rings (SSSR count). The smallest absolute Gasteiger partial charge is 0.315 e. The third-order valence-corrected chi connectivity index (χ3v) is 9.32. The monoisotopic (exact) mass is 578 g/mol. The minimum absolute atomic E-state index is 0.0451. The fourth-order valence-corrected chi connectivity index (χ4v) is 6.46. The molecule has 210 valence electrons. The molecule has 2 aliphatic rings. The number of nitrogens with one attached hydrogen (secondary N) is 3. The van der Waals surface area contributed by atoms with E-state index in [-0.39, 0.29) is 17.9 Å². The molecule has 3 N–H and O–H groups in total. The van der Waals surface area contributed by atoms with Gasteiger partial charge in [0.1, 0.15) is 0 Å². The molecule has 1 heterocycles. The number of urea groups is 1. The van der Waals surface area contributed by atoms with Gasteiger partial charge in [-0.25, -0.2) is 4.79 Å². The van der Waals surface area contributed by atoms with E-state index in [0.717, 1.165) is 56.4 Å². The molecule has 3 amide bonds. The van der Waals surface area contributed by atoms with Gasteiger partial charge < -0.3 is 20.9 Å². The van der Waals surface area contributed by atoms with E-state index >= 15 is 0 Å². The molecular weight excluding hydrogens is 543 g/mol. The molecule has 3 aromatic carbocycles. The SMILES string of the molecule is CNC(=O)NC1(c2ccccc2)CCN(CC2CC2(C(=O)NCCc2ccccc2)c2ccc(Cl)c(Cl)c2)CC1. The van der Waals surface area contributed by atoms with Crippen molar-refractivity contribution < 1.29 is 9.59 Å². The lowest BCUT2D eigenvalue weighted by molar-refractivity contribution is -0.124. The Labute approximate surface area is 246 Å². The van der Waals surface area contributed by atoms with Crippen molar-refractivity contribution in [2.24, 2.45) is 5.92 Å². The van der Waals surface area contributed by atoms with Crippen LogP contribution in [0.15, 0.2) is 78.9 Å². The average molecular weight is 580 g/mol. The van der Waals surface area contributed by atoms with E-state index in [9.17, 15) is 9.59 Å². The molecule has 40 heavy (non-hydrogen) atoms. The zero-order chi connectivity index (χ0) is 28.2. The maximum Gasteiger partial charge on any atom is 0.315 e. The first kappa shape index (κ1) is 28.5.